The number of benzene rings is 10. The number of nitrogens with zero attached hydrogens (tertiary/aromatic N) is 1. The van der Waals surface area contributed by atoms with Gasteiger partial charge in [-0.25, -0.2) is 0 Å². The van der Waals surface area contributed by atoms with E-state index in [2.05, 4.69) is 217 Å². The first-order valence-electron chi connectivity index (χ1n) is 20.1. The second-order valence-electron chi connectivity index (χ2n) is 15.2. The second kappa shape index (κ2) is 13.6. The van der Waals surface area contributed by atoms with Crippen LogP contribution >= 0.6 is 11.3 Å². The molecule has 0 bridgehead atoms. The van der Waals surface area contributed by atoms with Crippen LogP contribution in [0.5, 0.6) is 0 Å². The Labute approximate surface area is 345 Å². The minimum Gasteiger partial charge on any atom is -0.455 e. The molecule has 0 amide bonds. The van der Waals surface area contributed by atoms with Crippen LogP contribution in [0.1, 0.15) is 0 Å². The lowest BCUT2D eigenvalue weighted by atomic mass is 9.92. The van der Waals surface area contributed by atoms with Gasteiger partial charge in [-0.15, -0.1) is 11.3 Å². The predicted octanol–water partition coefficient (Wildman–Crippen LogP) is 16.7. The maximum atomic E-state index is 6.69. The first kappa shape index (κ1) is 33.7. The third kappa shape index (κ3) is 5.55. The third-order valence-corrected chi connectivity index (χ3v) is 13.0. The van der Waals surface area contributed by atoms with Crippen molar-refractivity contribution in [2.45, 2.75) is 0 Å². The molecule has 0 unspecified atom stereocenters. The highest BCUT2D eigenvalue weighted by Crippen LogP contribution is 2.46. The van der Waals surface area contributed by atoms with E-state index in [0.717, 1.165) is 55.5 Å². The molecule has 12 rings (SSSR count). The van der Waals surface area contributed by atoms with Crippen molar-refractivity contribution in [3.05, 3.63) is 212 Å². The summed E-state index contributed by atoms with van der Waals surface area (Å²) in [6.07, 6.45) is 0. The molecule has 0 N–H and O–H groups in total. The van der Waals surface area contributed by atoms with Gasteiger partial charge in [-0.2, -0.15) is 0 Å². The zero-order chi connectivity index (χ0) is 38.9. The number of anilines is 3. The Hall–Kier alpha value is -7.46. The smallest absolute Gasteiger partial charge is 0.143 e. The van der Waals surface area contributed by atoms with Gasteiger partial charge in [0.15, 0.2) is 0 Å². The van der Waals surface area contributed by atoms with Crippen molar-refractivity contribution in [3.63, 3.8) is 0 Å². The largest absolute Gasteiger partial charge is 0.455 e. The van der Waals surface area contributed by atoms with E-state index in [1.807, 2.05) is 11.3 Å². The quantitative estimate of drug-likeness (QED) is 0.167. The number of hydrogen-bond acceptors (Lipinski definition) is 3. The molecular formula is C56H35NOS. The first-order chi connectivity index (χ1) is 29.2. The molecule has 2 nitrogen and oxygen atoms in total. The summed E-state index contributed by atoms with van der Waals surface area (Å²) in [4.78, 5) is 2.33. The molecule has 0 atom stereocenters. The average molecular weight is 770 g/mol. The van der Waals surface area contributed by atoms with Crippen LogP contribution in [-0.2, 0) is 0 Å². The molecule has 2 heterocycles. The fourth-order valence-corrected chi connectivity index (χ4v) is 10.2. The second-order valence-corrected chi connectivity index (χ2v) is 16.3. The van der Waals surface area contributed by atoms with Crippen molar-refractivity contribution in [1.82, 2.24) is 0 Å². The van der Waals surface area contributed by atoms with E-state index in [-0.39, 0.29) is 0 Å². The van der Waals surface area contributed by atoms with Crippen molar-refractivity contribution in [3.8, 4) is 33.4 Å². The van der Waals surface area contributed by atoms with E-state index in [0.29, 0.717) is 0 Å². The lowest BCUT2D eigenvalue weighted by molar-refractivity contribution is 0.673. The summed E-state index contributed by atoms with van der Waals surface area (Å²) in [5.74, 6) is 0. The standard InChI is InChI=1S/C56H35NOS/c1-2-14-40(15-3-1)57(42-31-26-38(27-32-42)44-20-10-13-37-12-4-5-16-43(37)44)41-29-24-36(25-30-41)39-28-33-52-50(34-39)51-35-49(45-17-6-7-18-47(45)56(51)58-52)46-21-11-23-54-55(46)48-19-8-9-22-53(48)59-54/h1-35H. The number of furan rings is 1. The van der Waals surface area contributed by atoms with Gasteiger partial charge in [-0.3, -0.25) is 0 Å². The van der Waals surface area contributed by atoms with Crippen molar-refractivity contribution >= 4 is 92.1 Å². The molecule has 0 spiro atoms. The maximum absolute atomic E-state index is 6.69. The van der Waals surface area contributed by atoms with E-state index >= 15 is 0 Å². The van der Waals surface area contributed by atoms with E-state index in [1.165, 1.54) is 58.6 Å². The topological polar surface area (TPSA) is 16.4 Å². The lowest BCUT2D eigenvalue weighted by Crippen LogP contribution is -2.09. The summed E-state index contributed by atoms with van der Waals surface area (Å²) in [5, 5.41) is 9.71. The molecule has 0 saturated heterocycles. The predicted molar refractivity (Wildman–Crippen MR) is 253 cm³/mol. The van der Waals surface area contributed by atoms with Gasteiger partial charge in [0.1, 0.15) is 11.2 Å². The first-order valence-corrected chi connectivity index (χ1v) is 20.9. The SMILES string of the molecule is c1ccc(N(c2ccc(-c3ccc4oc5c6ccccc6c(-c6cccc7sc8ccccc8c67)cc5c4c3)cc2)c2ccc(-c3cccc4ccccc34)cc2)cc1. The molecule has 0 saturated carbocycles. The van der Waals surface area contributed by atoms with E-state index in [4.69, 9.17) is 4.42 Å². The van der Waals surface area contributed by atoms with Gasteiger partial charge in [-0.05, 0) is 116 Å². The molecule has 0 aliphatic heterocycles. The summed E-state index contributed by atoms with van der Waals surface area (Å²) >= 11 is 1.86. The van der Waals surface area contributed by atoms with Crippen molar-refractivity contribution < 1.29 is 4.42 Å². The molecule has 0 aliphatic carbocycles. The molecule has 0 aliphatic rings. The van der Waals surface area contributed by atoms with Crippen molar-refractivity contribution in [2.75, 3.05) is 4.90 Å². The number of thiophene rings is 1. The van der Waals surface area contributed by atoms with Crippen LogP contribution < -0.4 is 4.90 Å². The summed E-state index contributed by atoms with van der Waals surface area (Å²) in [6, 6.07) is 76.8. The van der Waals surface area contributed by atoms with Crippen LogP contribution in [0.4, 0.5) is 17.1 Å². The molecular weight excluding hydrogens is 735 g/mol. The molecule has 0 radical (unpaired) electrons. The van der Waals surface area contributed by atoms with Crippen molar-refractivity contribution in [2.24, 2.45) is 0 Å². The van der Waals surface area contributed by atoms with Gasteiger partial charge in [-0.1, -0.05) is 146 Å². The molecule has 10 aromatic carbocycles. The highest BCUT2D eigenvalue weighted by atomic mass is 32.1. The molecule has 3 heteroatoms. The average Bonchev–Trinajstić information content (AvgIpc) is 3.88. The maximum Gasteiger partial charge on any atom is 0.143 e. The van der Waals surface area contributed by atoms with Crippen LogP contribution in [-0.4, -0.2) is 0 Å². The fourth-order valence-electron chi connectivity index (χ4n) is 9.09. The highest BCUT2D eigenvalue weighted by molar-refractivity contribution is 7.25. The zero-order valence-corrected chi connectivity index (χ0v) is 32.8. The number of para-hydroxylation sites is 1. The molecule has 12 aromatic rings. The Balaban J connectivity index is 0.948. The van der Waals surface area contributed by atoms with E-state index in [9.17, 15) is 0 Å². The van der Waals surface area contributed by atoms with Gasteiger partial charge in [0.2, 0.25) is 0 Å². The normalized spacial score (nSPS) is 11.7. The van der Waals surface area contributed by atoms with E-state index in [1.54, 1.807) is 0 Å². The Morgan fingerprint density at radius 1 is 0.339 bits per heavy atom. The van der Waals surface area contributed by atoms with Gasteiger partial charge < -0.3 is 9.32 Å². The van der Waals surface area contributed by atoms with Gasteiger partial charge in [0.05, 0.1) is 0 Å². The van der Waals surface area contributed by atoms with Crippen molar-refractivity contribution in [1.29, 1.82) is 0 Å². The number of hydrogen-bond donors (Lipinski definition) is 0. The monoisotopic (exact) mass is 769 g/mol. The Bertz CT molecular complexity index is 3540. The van der Waals surface area contributed by atoms with Crippen LogP contribution in [0.25, 0.3) is 97.0 Å². The Kier molecular flexibility index (Phi) is 7.75. The minimum atomic E-state index is 0.893. The summed E-state index contributed by atoms with van der Waals surface area (Å²) < 4.78 is 9.31. The lowest BCUT2D eigenvalue weighted by Gasteiger charge is -2.26. The van der Waals surface area contributed by atoms with Gasteiger partial charge in [0, 0.05) is 53.4 Å². The molecule has 2 aromatic heterocycles. The zero-order valence-electron chi connectivity index (χ0n) is 32.0. The van der Waals surface area contributed by atoms with Gasteiger partial charge in [0.25, 0.3) is 0 Å². The summed E-state index contributed by atoms with van der Waals surface area (Å²) in [7, 11) is 0. The molecule has 276 valence electrons. The number of rotatable bonds is 6. The van der Waals surface area contributed by atoms with Gasteiger partial charge >= 0.3 is 0 Å². The number of fused-ring (bicyclic) bond motifs is 9. The fraction of sp³-hybridized carbons (Fsp3) is 0. The summed E-state index contributed by atoms with van der Waals surface area (Å²) in [5.41, 5.74) is 12.4. The Morgan fingerprint density at radius 3 is 1.75 bits per heavy atom. The minimum absolute atomic E-state index is 0.893. The third-order valence-electron chi connectivity index (χ3n) is 11.9. The molecule has 59 heavy (non-hydrogen) atoms. The summed E-state index contributed by atoms with van der Waals surface area (Å²) in [6.45, 7) is 0. The van der Waals surface area contributed by atoms with Crippen LogP contribution in [0.2, 0.25) is 0 Å². The van der Waals surface area contributed by atoms with Crippen LogP contribution in [0, 0.1) is 0 Å². The Morgan fingerprint density at radius 2 is 0.932 bits per heavy atom. The molecule has 0 fully saturated rings. The highest BCUT2D eigenvalue weighted by Gasteiger charge is 2.19. The van der Waals surface area contributed by atoms with Crippen LogP contribution in [0.15, 0.2) is 217 Å². The van der Waals surface area contributed by atoms with Crippen LogP contribution in [0.3, 0.4) is 0 Å². The van der Waals surface area contributed by atoms with E-state index < -0.39 is 0 Å².